The molecular weight excluding hydrogens is 226 g/mol. The third kappa shape index (κ3) is 1.99. The number of hydrogen-bond acceptors (Lipinski definition) is 8. The monoisotopic (exact) mass is 237 g/mol. The Morgan fingerprint density at radius 3 is 2.59 bits per heavy atom. The summed E-state index contributed by atoms with van der Waals surface area (Å²) in [6.45, 7) is 1.23. The SMILES string of the molecule is Cc1ncc(CO)c(C(O)C2N=NN=N2)c1O. The lowest BCUT2D eigenvalue weighted by atomic mass is 10.0. The fourth-order valence-electron chi connectivity index (χ4n) is 1.56. The van der Waals surface area contributed by atoms with Crippen LogP contribution < -0.4 is 0 Å². The van der Waals surface area contributed by atoms with Crippen LogP contribution in [0.25, 0.3) is 0 Å². The van der Waals surface area contributed by atoms with Gasteiger partial charge >= 0.3 is 0 Å². The lowest BCUT2D eigenvalue weighted by molar-refractivity contribution is 0.142. The largest absolute Gasteiger partial charge is 0.506 e. The van der Waals surface area contributed by atoms with E-state index in [1.807, 2.05) is 0 Å². The number of aryl methyl sites for hydroxylation is 1. The molecule has 2 rings (SSSR count). The molecule has 0 radical (unpaired) electrons. The Kier molecular flexibility index (Phi) is 3.07. The molecule has 17 heavy (non-hydrogen) atoms. The van der Waals surface area contributed by atoms with Crippen LogP contribution in [-0.2, 0) is 6.61 Å². The Morgan fingerprint density at radius 2 is 2.00 bits per heavy atom. The molecule has 0 bridgehead atoms. The second-order valence-corrected chi connectivity index (χ2v) is 3.56. The summed E-state index contributed by atoms with van der Waals surface area (Å²) in [6, 6.07) is 0. The molecule has 1 aliphatic heterocycles. The quantitative estimate of drug-likeness (QED) is 0.718. The van der Waals surface area contributed by atoms with Gasteiger partial charge < -0.3 is 15.3 Å². The summed E-state index contributed by atoms with van der Waals surface area (Å²) < 4.78 is 0. The first-order valence-corrected chi connectivity index (χ1v) is 4.91. The minimum Gasteiger partial charge on any atom is -0.506 e. The van der Waals surface area contributed by atoms with Crippen LogP contribution in [0.5, 0.6) is 5.75 Å². The van der Waals surface area contributed by atoms with Crippen molar-refractivity contribution in [1.29, 1.82) is 0 Å². The molecule has 2 heterocycles. The molecule has 0 spiro atoms. The molecule has 1 atom stereocenters. The van der Waals surface area contributed by atoms with Gasteiger partial charge in [-0.25, -0.2) is 0 Å². The van der Waals surface area contributed by atoms with Crippen molar-refractivity contribution in [2.24, 2.45) is 20.7 Å². The van der Waals surface area contributed by atoms with Crippen LogP contribution in [0.1, 0.15) is 22.9 Å². The van der Waals surface area contributed by atoms with E-state index in [1.54, 1.807) is 6.92 Å². The highest BCUT2D eigenvalue weighted by Crippen LogP contribution is 2.34. The van der Waals surface area contributed by atoms with Crippen LogP contribution in [-0.4, -0.2) is 26.5 Å². The first-order valence-electron chi connectivity index (χ1n) is 4.91. The van der Waals surface area contributed by atoms with Crippen molar-refractivity contribution in [1.82, 2.24) is 4.98 Å². The zero-order chi connectivity index (χ0) is 12.4. The Hall–Kier alpha value is -1.93. The van der Waals surface area contributed by atoms with Gasteiger partial charge in [0.15, 0.2) is 0 Å². The van der Waals surface area contributed by atoms with Crippen molar-refractivity contribution in [3.8, 4) is 5.75 Å². The highest BCUT2D eigenvalue weighted by Gasteiger charge is 2.28. The smallest absolute Gasteiger partial charge is 0.215 e. The van der Waals surface area contributed by atoms with Crippen LogP contribution in [0.3, 0.4) is 0 Å². The number of hydrogen-bond donors (Lipinski definition) is 3. The van der Waals surface area contributed by atoms with Gasteiger partial charge in [0.25, 0.3) is 0 Å². The molecule has 0 aliphatic carbocycles. The molecule has 1 aliphatic rings. The standard InChI is InChI=1S/C9H11N5O3/c1-4-7(16)6(5(3-15)2-10-4)8(17)9-11-13-14-12-9/h2,8-9,15-17H,3H2,1H3. The van der Waals surface area contributed by atoms with E-state index in [0.29, 0.717) is 11.3 Å². The average Bonchev–Trinajstić information content (AvgIpc) is 2.85. The summed E-state index contributed by atoms with van der Waals surface area (Å²) in [4.78, 5) is 3.89. The van der Waals surface area contributed by atoms with E-state index in [0.717, 1.165) is 0 Å². The fourth-order valence-corrected chi connectivity index (χ4v) is 1.56. The summed E-state index contributed by atoms with van der Waals surface area (Å²) in [7, 11) is 0. The van der Waals surface area contributed by atoms with E-state index in [-0.39, 0.29) is 17.9 Å². The van der Waals surface area contributed by atoms with Gasteiger partial charge in [0.2, 0.25) is 6.17 Å². The molecule has 3 N–H and O–H groups in total. The third-order valence-electron chi connectivity index (χ3n) is 2.49. The molecule has 8 heteroatoms. The predicted octanol–water partition coefficient (Wildman–Crippen LogP) is 0.780. The van der Waals surface area contributed by atoms with E-state index >= 15 is 0 Å². The van der Waals surface area contributed by atoms with E-state index in [2.05, 4.69) is 25.7 Å². The Balaban J connectivity index is 2.45. The van der Waals surface area contributed by atoms with Crippen molar-refractivity contribution in [2.45, 2.75) is 25.8 Å². The fraction of sp³-hybridized carbons (Fsp3) is 0.444. The predicted molar refractivity (Wildman–Crippen MR) is 55.0 cm³/mol. The summed E-state index contributed by atoms with van der Waals surface area (Å²) >= 11 is 0. The van der Waals surface area contributed by atoms with Crippen LogP contribution in [0, 0.1) is 6.92 Å². The lowest BCUT2D eigenvalue weighted by Crippen LogP contribution is -2.15. The van der Waals surface area contributed by atoms with E-state index < -0.39 is 12.3 Å². The number of rotatable bonds is 3. The molecule has 1 aromatic heterocycles. The Bertz CT molecular complexity index is 476. The summed E-state index contributed by atoms with van der Waals surface area (Å²) in [5.74, 6) is -0.179. The minimum atomic E-state index is -1.21. The molecule has 0 saturated carbocycles. The van der Waals surface area contributed by atoms with E-state index in [1.165, 1.54) is 6.20 Å². The average molecular weight is 237 g/mol. The maximum absolute atomic E-state index is 10.0. The van der Waals surface area contributed by atoms with Gasteiger partial charge in [-0.1, -0.05) is 0 Å². The van der Waals surface area contributed by atoms with Crippen molar-refractivity contribution in [3.05, 3.63) is 23.0 Å². The molecule has 0 saturated heterocycles. The highest BCUT2D eigenvalue weighted by atomic mass is 16.3. The topological polar surface area (TPSA) is 123 Å². The molecule has 8 nitrogen and oxygen atoms in total. The highest BCUT2D eigenvalue weighted by molar-refractivity contribution is 5.42. The van der Waals surface area contributed by atoms with Crippen LogP contribution in [0.15, 0.2) is 26.9 Å². The van der Waals surface area contributed by atoms with Gasteiger partial charge in [-0.2, -0.15) is 0 Å². The summed E-state index contributed by atoms with van der Waals surface area (Å²) in [6.07, 6.45) is -0.724. The number of aromatic nitrogens is 1. The number of pyridine rings is 1. The van der Waals surface area contributed by atoms with Crippen LogP contribution >= 0.6 is 0 Å². The van der Waals surface area contributed by atoms with Crippen LogP contribution in [0.2, 0.25) is 0 Å². The normalized spacial score (nSPS) is 16.6. The van der Waals surface area contributed by atoms with Gasteiger partial charge in [0.05, 0.1) is 12.3 Å². The van der Waals surface area contributed by atoms with Gasteiger partial charge in [-0.3, -0.25) is 4.98 Å². The molecule has 1 aromatic rings. The van der Waals surface area contributed by atoms with Gasteiger partial charge in [0.1, 0.15) is 11.9 Å². The molecule has 90 valence electrons. The summed E-state index contributed by atoms with van der Waals surface area (Å²) in [5, 5.41) is 42.8. The lowest BCUT2D eigenvalue weighted by Gasteiger charge is -2.17. The van der Waals surface area contributed by atoms with Gasteiger partial charge in [0, 0.05) is 17.3 Å². The number of aromatic hydroxyl groups is 1. The first-order chi connectivity index (χ1) is 8.15. The minimum absolute atomic E-state index is 0.157. The number of nitrogens with zero attached hydrogens (tertiary/aromatic N) is 5. The zero-order valence-electron chi connectivity index (χ0n) is 9.02. The van der Waals surface area contributed by atoms with Crippen molar-refractivity contribution in [2.75, 3.05) is 0 Å². The third-order valence-corrected chi connectivity index (χ3v) is 2.49. The molecule has 0 aromatic carbocycles. The van der Waals surface area contributed by atoms with E-state index in [9.17, 15) is 10.2 Å². The number of aliphatic hydroxyl groups is 2. The molecule has 0 amide bonds. The molecular formula is C9H11N5O3. The van der Waals surface area contributed by atoms with Gasteiger partial charge in [-0.05, 0) is 17.4 Å². The maximum Gasteiger partial charge on any atom is 0.215 e. The van der Waals surface area contributed by atoms with Crippen molar-refractivity contribution in [3.63, 3.8) is 0 Å². The second-order valence-electron chi connectivity index (χ2n) is 3.56. The Morgan fingerprint density at radius 1 is 1.35 bits per heavy atom. The van der Waals surface area contributed by atoms with Crippen molar-refractivity contribution >= 4 is 0 Å². The molecule has 0 fully saturated rings. The van der Waals surface area contributed by atoms with E-state index in [4.69, 9.17) is 5.11 Å². The van der Waals surface area contributed by atoms with Crippen molar-refractivity contribution < 1.29 is 15.3 Å². The van der Waals surface area contributed by atoms with Crippen LogP contribution in [0.4, 0.5) is 0 Å². The zero-order valence-corrected chi connectivity index (χ0v) is 9.02. The maximum atomic E-state index is 10.0. The number of aliphatic hydroxyl groups excluding tert-OH is 2. The Labute approximate surface area is 96.4 Å². The molecule has 1 unspecified atom stereocenters. The van der Waals surface area contributed by atoms with Gasteiger partial charge in [-0.15, -0.1) is 10.2 Å². The first kappa shape index (κ1) is 11.6. The summed E-state index contributed by atoms with van der Waals surface area (Å²) in [5.41, 5.74) is 0.825. The second kappa shape index (κ2) is 4.52.